The van der Waals surface area contributed by atoms with Crippen molar-refractivity contribution in [2.75, 3.05) is 5.73 Å². The van der Waals surface area contributed by atoms with Crippen molar-refractivity contribution in [1.29, 1.82) is 0 Å². The van der Waals surface area contributed by atoms with Crippen molar-refractivity contribution in [1.82, 2.24) is 4.90 Å². The topological polar surface area (TPSA) is 121 Å². The van der Waals surface area contributed by atoms with Gasteiger partial charge in [-0.15, -0.1) is 0 Å². The van der Waals surface area contributed by atoms with Crippen LogP contribution in [0, 0.1) is 5.92 Å². The highest BCUT2D eigenvalue weighted by Crippen LogP contribution is 2.47. The van der Waals surface area contributed by atoms with Crippen molar-refractivity contribution in [3.05, 3.63) is 77.6 Å². The zero-order valence-electron chi connectivity index (χ0n) is 19.0. The van der Waals surface area contributed by atoms with E-state index in [-0.39, 0.29) is 17.6 Å². The van der Waals surface area contributed by atoms with Gasteiger partial charge in [0, 0.05) is 16.8 Å². The molecule has 0 bridgehead atoms. The number of anilines is 1. The molecular formula is C27H24N3O5+. The first kappa shape index (κ1) is 21.4. The number of benzene rings is 2. The number of aliphatic hydroxyl groups excluding tert-OH is 1. The van der Waals surface area contributed by atoms with Gasteiger partial charge in [0.1, 0.15) is 23.4 Å². The standard InChI is InChI=1S/C27H23N3O5/c1-14(31)24-20-12-18(25(27(33)34)30(20)26(24)32)16-6-8-21-19(11-16)17-7-5-15(10-22(17)35-21)13-29-9-3-2-4-23(29)28/h2-11,14,20,24,28,31H,12-13H2,1H3,(H,33,34)/p+1/t14-,20-,24-/m1/s1. The van der Waals surface area contributed by atoms with Crippen LogP contribution in [-0.4, -0.2) is 39.1 Å². The molecule has 35 heavy (non-hydrogen) atoms. The molecule has 2 aromatic carbocycles. The number of nitrogen functional groups attached to an aromatic ring is 1. The minimum absolute atomic E-state index is 0.00353. The summed E-state index contributed by atoms with van der Waals surface area (Å²) < 4.78 is 8.05. The number of aliphatic carboxylic acids is 1. The van der Waals surface area contributed by atoms with Gasteiger partial charge < -0.3 is 19.5 Å². The predicted molar refractivity (Wildman–Crippen MR) is 129 cm³/mol. The highest BCUT2D eigenvalue weighted by Gasteiger charge is 2.56. The summed E-state index contributed by atoms with van der Waals surface area (Å²) in [5, 5.41) is 21.7. The lowest BCUT2D eigenvalue weighted by molar-refractivity contribution is -0.674. The summed E-state index contributed by atoms with van der Waals surface area (Å²) in [6.07, 6.45) is 1.50. The zero-order chi connectivity index (χ0) is 24.4. The van der Waals surface area contributed by atoms with E-state index in [0.717, 1.165) is 27.5 Å². The first-order chi connectivity index (χ1) is 16.8. The molecule has 1 fully saturated rings. The average Bonchev–Trinajstić information content (AvgIpc) is 3.35. The average molecular weight is 471 g/mol. The third-order valence-corrected chi connectivity index (χ3v) is 7.14. The van der Waals surface area contributed by atoms with E-state index in [1.807, 2.05) is 65.4 Å². The Kier molecular flexibility index (Phi) is 4.69. The summed E-state index contributed by atoms with van der Waals surface area (Å²) in [6.45, 7) is 2.18. The number of aliphatic hydroxyl groups is 1. The van der Waals surface area contributed by atoms with Gasteiger partial charge in [-0.05, 0) is 54.3 Å². The van der Waals surface area contributed by atoms with Crippen molar-refractivity contribution >= 4 is 45.2 Å². The van der Waals surface area contributed by atoms with Crippen LogP contribution in [0.15, 0.2) is 70.9 Å². The number of fused-ring (bicyclic) bond motifs is 4. The molecule has 2 aliphatic heterocycles. The van der Waals surface area contributed by atoms with Gasteiger partial charge in [-0.2, -0.15) is 0 Å². The van der Waals surface area contributed by atoms with Crippen LogP contribution >= 0.6 is 0 Å². The number of β-lactam (4-membered cyclic amide) rings is 1. The fourth-order valence-corrected chi connectivity index (χ4v) is 5.47. The highest BCUT2D eigenvalue weighted by molar-refractivity contribution is 6.09. The quantitative estimate of drug-likeness (QED) is 0.305. The molecule has 4 N–H and O–H groups in total. The number of hydrogen-bond acceptors (Lipinski definition) is 5. The van der Waals surface area contributed by atoms with Gasteiger partial charge in [0.2, 0.25) is 5.91 Å². The largest absolute Gasteiger partial charge is 0.477 e. The molecule has 6 rings (SSSR count). The molecule has 0 aliphatic carbocycles. The molecule has 0 saturated carbocycles. The molecule has 0 unspecified atom stereocenters. The smallest absolute Gasteiger partial charge is 0.352 e. The number of aromatic nitrogens is 1. The van der Waals surface area contributed by atoms with Crippen LogP contribution in [-0.2, 0) is 16.1 Å². The number of carboxylic acids is 1. The van der Waals surface area contributed by atoms with Crippen LogP contribution in [0.25, 0.3) is 27.5 Å². The van der Waals surface area contributed by atoms with Gasteiger partial charge in [0.15, 0.2) is 0 Å². The summed E-state index contributed by atoms with van der Waals surface area (Å²) in [5.41, 5.74) is 9.88. The van der Waals surface area contributed by atoms with E-state index in [1.165, 1.54) is 4.90 Å². The minimum Gasteiger partial charge on any atom is -0.477 e. The maximum Gasteiger partial charge on any atom is 0.352 e. The number of pyridine rings is 1. The molecule has 4 aromatic rings. The van der Waals surface area contributed by atoms with Gasteiger partial charge in [0.05, 0.1) is 24.3 Å². The number of carboxylic acid groups (broad SMARTS) is 1. The van der Waals surface area contributed by atoms with Crippen LogP contribution < -0.4 is 10.3 Å². The molecule has 8 nitrogen and oxygen atoms in total. The predicted octanol–water partition coefficient (Wildman–Crippen LogP) is 2.91. The van der Waals surface area contributed by atoms with Gasteiger partial charge in [-0.25, -0.2) is 9.36 Å². The fourth-order valence-electron chi connectivity index (χ4n) is 5.47. The van der Waals surface area contributed by atoms with Crippen molar-refractivity contribution in [3.63, 3.8) is 0 Å². The fraction of sp³-hybridized carbons (Fsp3) is 0.222. The molecule has 2 aliphatic rings. The highest BCUT2D eigenvalue weighted by atomic mass is 16.4. The van der Waals surface area contributed by atoms with E-state index in [1.54, 1.807) is 6.92 Å². The van der Waals surface area contributed by atoms with Crippen LogP contribution in [0.2, 0.25) is 0 Å². The van der Waals surface area contributed by atoms with E-state index in [4.69, 9.17) is 10.2 Å². The third-order valence-electron chi connectivity index (χ3n) is 7.14. The molecule has 3 atom stereocenters. The normalized spacial score (nSPS) is 20.4. The lowest BCUT2D eigenvalue weighted by Crippen LogP contribution is -2.61. The Bertz CT molecular complexity index is 1570. The van der Waals surface area contributed by atoms with Crippen molar-refractivity contribution < 1.29 is 28.8 Å². The van der Waals surface area contributed by atoms with Crippen LogP contribution in [0.4, 0.5) is 5.82 Å². The van der Waals surface area contributed by atoms with Gasteiger partial charge >= 0.3 is 5.97 Å². The zero-order valence-corrected chi connectivity index (χ0v) is 19.0. The van der Waals surface area contributed by atoms with Crippen LogP contribution in [0.1, 0.15) is 24.5 Å². The number of nitrogens with zero attached hydrogens (tertiary/aromatic N) is 2. The molecule has 1 saturated heterocycles. The van der Waals surface area contributed by atoms with E-state index in [0.29, 0.717) is 29.9 Å². The Morgan fingerprint density at radius 3 is 2.74 bits per heavy atom. The Morgan fingerprint density at radius 2 is 2.00 bits per heavy atom. The van der Waals surface area contributed by atoms with Gasteiger partial charge in [-0.3, -0.25) is 10.5 Å². The van der Waals surface area contributed by atoms with Gasteiger partial charge in [0.25, 0.3) is 5.82 Å². The molecule has 4 heterocycles. The summed E-state index contributed by atoms with van der Waals surface area (Å²) in [5.74, 6) is -1.38. The molecule has 176 valence electrons. The second kappa shape index (κ2) is 7.68. The van der Waals surface area contributed by atoms with E-state index in [9.17, 15) is 19.8 Å². The number of carbonyl (C=O) groups is 2. The van der Waals surface area contributed by atoms with Crippen molar-refractivity contribution in [3.8, 4) is 0 Å². The summed E-state index contributed by atoms with van der Waals surface area (Å²) >= 11 is 0. The molecule has 0 spiro atoms. The third kappa shape index (κ3) is 3.21. The monoisotopic (exact) mass is 470 g/mol. The number of nitrogens with two attached hydrogens (primary N) is 1. The van der Waals surface area contributed by atoms with Gasteiger partial charge in [-0.1, -0.05) is 24.3 Å². The first-order valence-corrected chi connectivity index (χ1v) is 11.5. The Morgan fingerprint density at radius 1 is 1.17 bits per heavy atom. The van der Waals surface area contributed by atoms with E-state index >= 15 is 0 Å². The molecular weight excluding hydrogens is 446 g/mol. The maximum atomic E-state index is 12.6. The lowest BCUT2D eigenvalue weighted by atomic mass is 9.82. The number of hydrogen-bond donors (Lipinski definition) is 3. The Hall–Kier alpha value is -4.17. The molecule has 0 radical (unpaired) electrons. The summed E-state index contributed by atoms with van der Waals surface area (Å²) in [7, 11) is 0. The number of furan rings is 1. The number of amides is 1. The van der Waals surface area contributed by atoms with Crippen LogP contribution in [0.3, 0.4) is 0 Å². The Balaban J connectivity index is 1.39. The van der Waals surface area contributed by atoms with E-state index in [2.05, 4.69) is 0 Å². The second-order valence-corrected chi connectivity index (χ2v) is 9.28. The van der Waals surface area contributed by atoms with Crippen LogP contribution in [0.5, 0.6) is 0 Å². The SMILES string of the molecule is C[C@@H](O)[C@H]1C(=O)N2C(C(=O)O)=C(c3ccc4oc5cc(C[n+]6ccccc6N)ccc5c4c3)C[C@H]12. The molecule has 8 heteroatoms. The molecule has 2 aromatic heterocycles. The lowest BCUT2D eigenvalue weighted by Gasteiger charge is -2.44. The summed E-state index contributed by atoms with van der Waals surface area (Å²) in [6, 6.07) is 17.0. The molecule has 1 amide bonds. The van der Waals surface area contributed by atoms with Crippen molar-refractivity contribution in [2.45, 2.75) is 32.0 Å². The minimum atomic E-state index is -1.14. The number of carbonyl (C=O) groups excluding carboxylic acids is 1. The second-order valence-electron chi connectivity index (χ2n) is 9.28. The van der Waals surface area contributed by atoms with Crippen molar-refractivity contribution in [2.24, 2.45) is 5.92 Å². The maximum absolute atomic E-state index is 12.6. The number of rotatable bonds is 5. The first-order valence-electron chi connectivity index (χ1n) is 11.5. The Labute approximate surface area is 200 Å². The van der Waals surface area contributed by atoms with E-state index < -0.39 is 18.0 Å². The summed E-state index contributed by atoms with van der Waals surface area (Å²) in [4.78, 5) is 26.0.